The minimum absolute atomic E-state index is 0.966. The maximum atomic E-state index is 5.47. The number of para-hydroxylation sites is 3. The van der Waals surface area contributed by atoms with Crippen LogP contribution in [0.25, 0.3) is 219 Å². The van der Waals surface area contributed by atoms with Gasteiger partial charge in [0, 0.05) is 65.3 Å². The molecule has 108 heavy (non-hydrogen) atoms. The van der Waals surface area contributed by atoms with E-state index in [0.29, 0.717) is 0 Å². The van der Waals surface area contributed by atoms with Crippen LogP contribution in [-0.2, 0) is 0 Å². The van der Waals surface area contributed by atoms with E-state index in [9.17, 15) is 0 Å². The Labute approximate surface area is 623 Å². The second-order valence-electron chi connectivity index (χ2n) is 28.3. The zero-order chi connectivity index (χ0) is 71.2. The van der Waals surface area contributed by atoms with Crippen molar-refractivity contribution >= 4 is 130 Å². The van der Waals surface area contributed by atoms with Crippen LogP contribution >= 0.6 is 0 Å². The van der Waals surface area contributed by atoms with Crippen LogP contribution in [0.5, 0.6) is 0 Å². The second kappa shape index (κ2) is 25.8. The van der Waals surface area contributed by atoms with Crippen molar-refractivity contribution in [3.8, 4) is 89.4 Å². The van der Waals surface area contributed by atoms with Crippen molar-refractivity contribution in [1.82, 2.24) is 19.9 Å². The molecule has 0 atom stereocenters. The monoisotopic (exact) mass is 1370 g/mol. The summed E-state index contributed by atoms with van der Waals surface area (Å²) >= 11 is 0. The van der Waals surface area contributed by atoms with E-state index in [1.807, 2.05) is 0 Å². The highest BCUT2D eigenvalue weighted by Gasteiger charge is 2.21. The summed E-state index contributed by atoms with van der Waals surface area (Å²) in [6, 6.07) is 140. The number of hydrogen-bond donors (Lipinski definition) is 0. The zero-order valence-corrected chi connectivity index (χ0v) is 58.7. The van der Waals surface area contributed by atoms with E-state index in [1.54, 1.807) is 0 Å². The van der Waals surface area contributed by atoms with Crippen LogP contribution in [0.2, 0.25) is 0 Å². The lowest BCUT2D eigenvalue weighted by molar-refractivity contribution is 1.41. The molecule has 22 rings (SSSR count). The van der Waals surface area contributed by atoms with Gasteiger partial charge in [0.05, 0.1) is 44.7 Å². The van der Waals surface area contributed by atoms with Crippen molar-refractivity contribution in [2.45, 2.75) is 0 Å². The Balaban J connectivity index is 0.000000138. The Kier molecular flexibility index (Phi) is 14.9. The summed E-state index contributed by atoms with van der Waals surface area (Å²) in [6.45, 7) is 0. The van der Waals surface area contributed by atoms with E-state index >= 15 is 0 Å². The average Bonchev–Trinajstić information content (AvgIpc) is 0.743. The van der Waals surface area contributed by atoms with Gasteiger partial charge in [0.2, 0.25) is 0 Å². The fourth-order valence-electron chi connectivity index (χ4n) is 16.7. The largest absolute Gasteiger partial charge is 0.248 e. The van der Waals surface area contributed by atoms with Gasteiger partial charge < -0.3 is 0 Å². The lowest BCUT2D eigenvalue weighted by Crippen LogP contribution is -1.94. The van der Waals surface area contributed by atoms with Gasteiger partial charge in [-0.15, -0.1) is 0 Å². The van der Waals surface area contributed by atoms with E-state index < -0.39 is 0 Å². The summed E-state index contributed by atoms with van der Waals surface area (Å²) in [4.78, 5) is 21.1. The van der Waals surface area contributed by atoms with E-state index in [-0.39, 0.29) is 0 Å². The van der Waals surface area contributed by atoms with E-state index in [0.717, 1.165) is 105 Å². The summed E-state index contributed by atoms with van der Waals surface area (Å²) in [6.07, 6.45) is 0. The average molecular weight is 1370 g/mol. The molecule has 0 bridgehead atoms. The van der Waals surface area contributed by atoms with Crippen LogP contribution in [-0.4, -0.2) is 19.9 Å². The van der Waals surface area contributed by atoms with Crippen LogP contribution in [0.1, 0.15) is 0 Å². The SMILES string of the molecule is c1ccc2cc(-c3cc(-c4ccc5ccccc5c4)c4cc(-c5ccc(-c6c7ccccc7nc7ccccc67)cc5)c5ccccc5c4n3)ccc2c1.c1ccc2cc(-c3cc(-c4ccc5ccccc5c4)c4cc(-c5ccc(-c6nc7ccccc7c7ccccc67)cc5)c5ccccc5c4n3)ccc2c1. The fraction of sp³-hybridized carbons (Fsp3) is 0. The van der Waals surface area contributed by atoms with Gasteiger partial charge in [-0.25, -0.2) is 19.9 Å². The van der Waals surface area contributed by atoms with Gasteiger partial charge in [-0.05, 0) is 176 Å². The minimum Gasteiger partial charge on any atom is -0.248 e. The molecule has 4 aromatic heterocycles. The molecule has 0 unspecified atom stereocenters. The van der Waals surface area contributed by atoms with Crippen LogP contribution in [0.3, 0.4) is 0 Å². The van der Waals surface area contributed by atoms with Crippen molar-refractivity contribution in [3.05, 3.63) is 388 Å². The molecule has 0 fully saturated rings. The molecule has 0 amide bonds. The van der Waals surface area contributed by atoms with Crippen molar-refractivity contribution in [1.29, 1.82) is 0 Å². The minimum atomic E-state index is 0.966. The fourth-order valence-corrected chi connectivity index (χ4v) is 16.7. The highest BCUT2D eigenvalue weighted by molar-refractivity contribution is 6.19. The predicted octanol–water partition coefficient (Wildman–Crippen LogP) is 28.1. The molecule has 4 nitrogen and oxygen atoms in total. The van der Waals surface area contributed by atoms with Gasteiger partial charge >= 0.3 is 0 Å². The van der Waals surface area contributed by atoms with Gasteiger partial charge in [-0.3, -0.25) is 0 Å². The molecule has 0 aliphatic rings. The van der Waals surface area contributed by atoms with E-state index in [2.05, 4.69) is 388 Å². The summed E-state index contributed by atoms with van der Waals surface area (Å²) in [7, 11) is 0. The molecule has 0 saturated heterocycles. The lowest BCUT2D eigenvalue weighted by Gasteiger charge is -2.17. The second-order valence-corrected chi connectivity index (χ2v) is 28.3. The number of hydrogen-bond acceptors (Lipinski definition) is 4. The maximum Gasteiger partial charge on any atom is 0.0794 e. The quantitative estimate of drug-likeness (QED) is 0.112. The first kappa shape index (κ1) is 62.3. The highest BCUT2D eigenvalue weighted by Crippen LogP contribution is 2.46. The van der Waals surface area contributed by atoms with Crippen molar-refractivity contribution < 1.29 is 0 Å². The molecule has 0 N–H and O–H groups in total. The van der Waals surface area contributed by atoms with Crippen LogP contribution < -0.4 is 0 Å². The molecule has 500 valence electrons. The first-order valence-electron chi connectivity index (χ1n) is 37.0. The normalized spacial score (nSPS) is 11.7. The smallest absolute Gasteiger partial charge is 0.0794 e. The Hall–Kier alpha value is -14.3. The Morgan fingerprint density at radius 1 is 0.148 bits per heavy atom. The molecular weight excluding hydrogens is 1310 g/mol. The topological polar surface area (TPSA) is 51.6 Å². The number of pyridine rings is 4. The molecule has 0 aliphatic carbocycles. The van der Waals surface area contributed by atoms with Crippen LogP contribution in [0.15, 0.2) is 388 Å². The number of aromatic nitrogens is 4. The summed E-state index contributed by atoms with van der Waals surface area (Å²) in [5, 5.41) is 22.6. The Bertz CT molecular complexity index is 7350. The third kappa shape index (κ3) is 10.8. The molecule has 22 aromatic rings. The van der Waals surface area contributed by atoms with Crippen LogP contribution in [0.4, 0.5) is 0 Å². The zero-order valence-electron chi connectivity index (χ0n) is 58.7. The highest BCUT2D eigenvalue weighted by atomic mass is 14.7. The van der Waals surface area contributed by atoms with Gasteiger partial charge in [-0.1, -0.05) is 322 Å². The Morgan fingerprint density at radius 2 is 0.444 bits per heavy atom. The standard InChI is InChI=1S/2C52H32N2/c1-3-13-37-29-39(27-21-33(37)11-1)47-32-50(40-28-22-34-12-2-4-14-38(34)30-40)54-52-45-19-8-6-16-42(45)46(31-48(47)52)35-23-25-36(26-24-35)51-44-18-7-5-15-41(44)43-17-9-10-20-49(43)53-51;1-3-13-37-29-39(27-21-33(37)11-1)46-32-50(40-28-22-34-12-2-4-14-38(34)30-40)54-52-42-16-6-5-15-41(42)45(31-47(46)52)35-23-25-36(26-24-35)51-43-17-7-9-19-48(43)53-49-20-10-8-18-44(49)51/h2*1-32H. The maximum absolute atomic E-state index is 5.47. The van der Waals surface area contributed by atoms with E-state index in [1.165, 1.54) is 115 Å². The number of benzene rings is 18. The summed E-state index contributed by atoms with van der Waals surface area (Å²) in [5.41, 5.74) is 23.1. The molecule has 18 aromatic carbocycles. The summed E-state index contributed by atoms with van der Waals surface area (Å²) in [5.74, 6) is 0. The third-order valence-electron chi connectivity index (χ3n) is 22.0. The molecule has 4 heterocycles. The van der Waals surface area contributed by atoms with Crippen molar-refractivity contribution in [3.63, 3.8) is 0 Å². The van der Waals surface area contributed by atoms with E-state index in [4.69, 9.17) is 19.9 Å². The molecule has 4 heteroatoms. The number of rotatable bonds is 8. The first-order valence-corrected chi connectivity index (χ1v) is 37.0. The summed E-state index contributed by atoms with van der Waals surface area (Å²) < 4.78 is 0. The lowest BCUT2D eigenvalue weighted by atomic mass is 9.89. The first-order chi connectivity index (χ1) is 53.5. The van der Waals surface area contributed by atoms with Gasteiger partial charge in [0.15, 0.2) is 0 Å². The molecule has 0 aliphatic heterocycles. The van der Waals surface area contributed by atoms with Gasteiger partial charge in [0.25, 0.3) is 0 Å². The molecule has 0 spiro atoms. The van der Waals surface area contributed by atoms with Gasteiger partial charge in [-0.2, -0.15) is 0 Å². The van der Waals surface area contributed by atoms with Gasteiger partial charge in [0.1, 0.15) is 0 Å². The molecule has 0 radical (unpaired) electrons. The Morgan fingerprint density at radius 3 is 0.880 bits per heavy atom. The number of nitrogens with zero attached hydrogens (tertiary/aromatic N) is 4. The predicted molar refractivity (Wildman–Crippen MR) is 458 cm³/mol. The third-order valence-corrected chi connectivity index (χ3v) is 22.0. The van der Waals surface area contributed by atoms with Crippen LogP contribution in [0, 0.1) is 0 Å². The van der Waals surface area contributed by atoms with Crippen molar-refractivity contribution in [2.75, 3.05) is 0 Å². The molecule has 0 saturated carbocycles. The molecular formula is C104H64N4. The van der Waals surface area contributed by atoms with Crippen molar-refractivity contribution in [2.24, 2.45) is 0 Å². The number of fused-ring (bicyclic) bond motifs is 15.